The Hall–Kier alpha value is -2.75. The molecule has 0 radical (unpaired) electrons. The van der Waals surface area contributed by atoms with Crippen LogP contribution in [0, 0.1) is 6.92 Å². The van der Waals surface area contributed by atoms with E-state index in [0.29, 0.717) is 36.7 Å². The Labute approximate surface area is 188 Å². The molecule has 1 aliphatic heterocycles. The standard InChI is InChI=1S/C23H27NO7S/c1-4-30-20-9-7-18(8-10-20)22(25)17(3)31-23(26)19-6-5-16(2)21(15-19)32(27,28)24-11-13-29-14-12-24/h5-10,15,17H,4,11-14H2,1-3H3. The summed E-state index contributed by atoms with van der Waals surface area (Å²) in [6.45, 7) is 6.69. The molecule has 1 fully saturated rings. The van der Waals surface area contributed by atoms with E-state index in [-0.39, 0.29) is 29.3 Å². The van der Waals surface area contributed by atoms with Gasteiger partial charge in [0, 0.05) is 18.7 Å². The third-order valence-electron chi connectivity index (χ3n) is 5.11. The number of rotatable bonds is 8. The van der Waals surface area contributed by atoms with Gasteiger partial charge in [0.15, 0.2) is 6.10 Å². The topological polar surface area (TPSA) is 99.2 Å². The molecule has 1 atom stereocenters. The van der Waals surface area contributed by atoms with E-state index in [1.807, 2.05) is 6.92 Å². The first-order valence-corrected chi connectivity index (χ1v) is 11.8. The summed E-state index contributed by atoms with van der Waals surface area (Å²) in [5, 5.41) is 0. The van der Waals surface area contributed by atoms with Gasteiger partial charge in [-0.15, -0.1) is 0 Å². The highest BCUT2D eigenvalue weighted by atomic mass is 32.2. The van der Waals surface area contributed by atoms with Crippen molar-refractivity contribution >= 4 is 21.8 Å². The minimum Gasteiger partial charge on any atom is -0.494 e. The molecule has 172 valence electrons. The average Bonchev–Trinajstić information content (AvgIpc) is 2.80. The largest absolute Gasteiger partial charge is 0.494 e. The van der Waals surface area contributed by atoms with Crippen molar-refractivity contribution in [1.82, 2.24) is 4.31 Å². The maximum Gasteiger partial charge on any atom is 0.338 e. The van der Waals surface area contributed by atoms with Gasteiger partial charge in [-0.1, -0.05) is 6.07 Å². The zero-order valence-electron chi connectivity index (χ0n) is 18.4. The van der Waals surface area contributed by atoms with Gasteiger partial charge in [-0.2, -0.15) is 4.31 Å². The number of Topliss-reactive ketones (excluding diaryl/α,β-unsaturated/α-hetero) is 1. The number of hydrogen-bond donors (Lipinski definition) is 0. The lowest BCUT2D eigenvalue weighted by atomic mass is 10.1. The molecule has 0 aromatic heterocycles. The number of aryl methyl sites for hydroxylation is 1. The molecular formula is C23H27NO7S. The zero-order chi connectivity index (χ0) is 23.3. The van der Waals surface area contributed by atoms with Gasteiger partial charge in [0.25, 0.3) is 0 Å². The van der Waals surface area contributed by atoms with Crippen LogP contribution in [-0.4, -0.2) is 63.5 Å². The van der Waals surface area contributed by atoms with Gasteiger partial charge in [0.1, 0.15) is 5.75 Å². The van der Waals surface area contributed by atoms with Crippen molar-refractivity contribution in [1.29, 1.82) is 0 Å². The van der Waals surface area contributed by atoms with Crippen LogP contribution in [0.25, 0.3) is 0 Å². The molecule has 0 saturated carbocycles. The first kappa shape index (κ1) is 23.9. The van der Waals surface area contributed by atoms with Gasteiger partial charge in [-0.3, -0.25) is 4.79 Å². The van der Waals surface area contributed by atoms with Crippen molar-refractivity contribution in [2.75, 3.05) is 32.9 Å². The SMILES string of the molecule is CCOc1ccc(C(=O)C(C)OC(=O)c2ccc(C)c(S(=O)(=O)N3CCOCC3)c2)cc1. The Kier molecular flexibility index (Phi) is 7.65. The van der Waals surface area contributed by atoms with Crippen LogP contribution >= 0.6 is 0 Å². The van der Waals surface area contributed by atoms with Crippen LogP contribution in [-0.2, 0) is 19.5 Å². The predicted molar refractivity (Wildman–Crippen MR) is 118 cm³/mol. The van der Waals surface area contributed by atoms with Crippen LogP contribution in [0.3, 0.4) is 0 Å². The summed E-state index contributed by atoms with van der Waals surface area (Å²) in [5.74, 6) is -0.493. The van der Waals surface area contributed by atoms with Crippen molar-refractivity contribution in [3.8, 4) is 5.75 Å². The molecule has 2 aromatic carbocycles. The third kappa shape index (κ3) is 5.35. The fraction of sp³-hybridized carbons (Fsp3) is 0.391. The molecule has 0 bridgehead atoms. The second-order valence-corrected chi connectivity index (χ2v) is 9.27. The number of ether oxygens (including phenoxy) is 3. The molecule has 1 aliphatic rings. The van der Waals surface area contributed by atoms with E-state index < -0.39 is 22.1 Å². The molecule has 8 nitrogen and oxygen atoms in total. The van der Waals surface area contributed by atoms with Gasteiger partial charge in [-0.05, 0) is 62.7 Å². The van der Waals surface area contributed by atoms with Crippen molar-refractivity contribution in [2.24, 2.45) is 0 Å². The molecule has 1 unspecified atom stereocenters. The van der Waals surface area contributed by atoms with Crippen molar-refractivity contribution in [3.63, 3.8) is 0 Å². The monoisotopic (exact) mass is 461 g/mol. The Morgan fingerprint density at radius 1 is 1.06 bits per heavy atom. The Bertz CT molecular complexity index is 1070. The van der Waals surface area contributed by atoms with Gasteiger partial charge in [0.05, 0.1) is 30.3 Å². The van der Waals surface area contributed by atoms with E-state index in [9.17, 15) is 18.0 Å². The summed E-state index contributed by atoms with van der Waals surface area (Å²) in [6.07, 6.45) is -1.04. The quantitative estimate of drug-likeness (QED) is 0.440. The van der Waals surface area contributed by atoms with E-state index in [4.69, 9.17) is 14.2 Å². The maximum atomic E-state index is 13.0. The number of carbonyl (C=O) groups is 2. The van der Waals surface area contributed by atoms with Crippen LogP contribution in [0.15, 0.2) is 47.4 Å². The Morgan fingerprint density at radius 2 is 1.69 bits per heavy atom. The summed E-state index contributed by atoms with van der Waals surface area (Å²) in [4.78, 5) is 25.4. The van der Waals surface area contributed by atoms with E-state index in [1.165, 1.54) is 23.4 Å². The second-order valence-electron chi connectivity index (χ2n) is 7.37. The molecule has 1 heterocycles. The zero-order valence-corrected chi connectivity index (χ0v) is 19.2. The Morgan fingerprint density at radius 3 is 2.31 bits per heavy atom. The first-order valence-electron chi connectivity index (χ1n) is 10.4. The van der Waals surface area contributed by atoms with Crippen LogP contribution in [0.4, 0.5) is 0 Å². The molecule has 2 aromatic rings. The smallest absolute Gasteiger partial charge is 0.338 e. The highest BCUT2D eigenvalue weighted by Gasteiger charge is 2.29. The fourth-order valence-corrected chi connectivity index (χ4v) is 4.99. The van der Waals surface area contributed by atoms with Gasteiger partial charge >= 0.3 is 5.97 Å². The normalized spacial score (nSPS) is 15.7. The van der Waals surface area contributed by atoms with Crippen molar-refractivity contribution < 1.29 is 32.2 Å². The van der Waals surface area contributed by atoms with Gasteiger partial charge < -0.3 is 14.2 Å². The highest BCUT2D eigenvalue weighted by Crippen LogP contribution is 2.23. The number of hydrogen-bond acceptors (Lipinski definition) is 7. The van der Waals surface area contributed by atoms with Gasteiger partial charge in [0.2, 0.25) is 15.8 Å². The van der Waals surface area contributed by atoms with E-state index in [1.54, 1.807) is 37.3 Å². The number of esters is 1. The first-order chi connectivity index (χ1) is 15.2. The average molecular weight is 462 g/mol. The lowest BCUT2D eigenvalue weighted by Crippen LogP contribution is -2.40. The van der Waals surface area contributed by atoms with Crippen molar-refractivity contribution in [2.45, 2.75) is 31.8 Å². The second kappa shape index (κ2) is 10.2. The summed E-state index contributed by atoms with van der Waals surface area (Å²) >= 11 is 0. The number of nitrogens with zero attached hydrogens (tertiary/aromatic N) is 1. The van der Waals surface area contributed by atoms with E-state index in [0.717, 1.165) is 0 Å². The van der Waals surface area contributed by atoms with Gasteiger partial charge in [-0.25, -0.2) is 13.2 Å². The predicted octanol–water partition coefficient (Wildman–Crippen LogP) is 2.84. The fourth-order valence-electron chi connectivity index (χ4n) is 3.33. The lowest BCUT2D eigenvalue weighted by molar-refractivity contribution is 0.0318. The van der Waals surface area contributed by atoms with Crippen molar-refractivity contribution in [3.05, 3.63) is 59.2 Å². The van der Waals surface area contributed by atoms with E-state index >= 15 is 0 Å². The summed E-state index contributed by atoms with van der Waals surface area (Å²) in [5.41, 5.74) is 0.966. The maximum absolute atomic E-state index is 13.0. The van der Waals surface area contributed by atoms with Crippen LogP contribution in [0.5, 0.6) is 5.75 Å². The lowest BCUT2D eigenvalue weighted by Gasteiger charge is -2.26. The summed E-state index contributed by atoms with van der Waals surface area (Å²) in [7, 11) is -3.78. The number of sulfonamides is 1. The third-order valence-corrected chi connectivity index (χ3v) is 7.16. The van der Waals surface area contributed by atoms with E-state index in [2.05, 4.69) is 0 Å². The van der Waals surface area contributed by atoms with Crippen LogP contribution < -0.4 is 4.74 Å². The molecule has 3 rings (SSSR count). The number of ketones is 1. The summed E-state index contributed by atoms with van der Waals surface area (Å²) in [6, 6.07) is 10.9. The molecule has 1 saturated heterocycles. The highest BCUT2D eigenvalue weighted by molar-refractivity contribution is 7.89. The molecule has 0 N–H and O–H groups in total. The molecule has 0 spiro atoms. The molecule has 9 heteroatoms. The molecule has 32 heavy (non-hydrogen) atoms. The number of carbonyl (C=O) groups excluding carboxylic acids is 2. The summed E-state index contributed by atoms with van der Waals surface area (Å²) < 4.78 is 43.3. The molecule has 0 amide bonds. The number of benzene rings is 2. The Balaban J connectivity index is 1.74. The molecular weight excluding hydrogens is 434 g/mol. The minimum absolute atomic E-state index is 0.0411. The van der Waals surface area contributed by atoms with Crippen LogP contribution in [0.2, 0.25) is 0 Å². The number of morpholine rings is 1. The van der Waals surface area contributed by atoms with Crippen LogP contribution in [0.1, 0.15) is 40.1 Å². The minimum atomic E-state index is -3.78. The molecule has 0 aliphatic carbocycles.